The van der Waals surface area contributed by atoms with Gasteiger partial charge in [-0.15, -0.1) is 16.9 Å². The van der Waals surface area contributed by atoms with E-state index in [0.29, 0.717) is 33.5 Å². The van der Waals surface area contributed by atoms with E-state index >= 15 is 0 Å². The summed E-state index contributed by atoms with van der Waals surface area (Å²) in [6.45, 7) is 0. The van der Waals surface area contributed by atoms with Crippen LogP contribution in [0.25, 0.3) is 5.57 Å². The number of nitrogens with zero attached hydrogens (tertiary/aromatic N) is 6. The summed E-state index contributed by atoms with van der Waals surface area (Å²) in [6, 6.07) is 17.8. The number of thioether (sulfide) groups is 2. The summed E-state index contributed by atoms with van der Waals surface area (Å²) in [5, 5.41) is 17.0. The van der Waals surface area contributed by atoms with Crippen molar-refractivity contribution in [3.8, 4) is 0 Å². The Balaban J connectivity index is 1.27. The summed E-state index contributed by atoms with van der Waals surface area (Å²) in [7, 11) is 1.71. The topological polar surface area (TPSA) is 161 Å². The molecule has 2 aromatic carbocycles. The lowest BCUT2D eigenvalue weighted by Gasteiger charge is -2.49. The highest BCUT2D eigenvalue weighted by Crippen LogP contribution is 2.43. The van der Waals surface area contributed by atoms with Gasteiger partial charge in [0.2, 0.25) is 11.6 Å². The van der Waals surface area contributed by atoms with Crippen molar-refractivity contribution in [2.24, 2.45) is 7.05 Å². The Morgan fingerprint density at radius 3 is 2.47 bits per heavy atom. The van der Waals surface area contributed by atoms with E-state index in [9.17, 15) is 19.2 Å². The average molecular weight is 709 g/mol. The van der Waals surface area contributed by atoms with Gasteiger partial charge in [0, 0.05) is 30.3 Å². The quantitative estimate of drug-likeness (QED) is 0.0728. The second-order valence-electron chi connectivity index (χ2n) is 10.1. The number of anilines is 1. The molecule has 1 fully saturated rings. The van der Waals surface area contributed by atoms with Crippen molar-refractivity contribution < 1.29 is 23.9 Å². The molecule has 2 aliphatic rings. The lowest BCUT2D eigenvalue weighted by atomic mass is 10.0. The van der Waals surface area contributed by atoms with Crippen LogP contribution in [-0.4, -0.2) is 77.2 Å². The molecule has 0 radical (unpaired) electrons. The number of carbonyl (C=O) groups excluding carboxylic acids is 4. The van der Waals surface area contributed by atoms with Gasteiger partial charge in [0.1, 0.15) is 17.1 Å². The van der Waals surface area contributed by atoms with Crippen LogP contribution in [0.1, 0.15) is 22.1 Å². The van der Waals surface area contributed by atoms with Crippen molar-refractivity contribution in [2.75, 3.05) is 16.8 Å². The number of rotatable bonds is 12. The van der Waals surface area contributed by atoms with Gasteiger partial charge in [-0.3, -0.25) is 19.3 Å². The van der Waals surface area contributed by atoms with Crippen LogP contribution in [-0.2, 0) is 31.0 Å². The number of tetrazole rings is 1. The van der Waals surface area contributed by atoms with Crippen LogP contribution >= 0.6 is 46.5 Å². The number of fused-ring (bicyclic) bond motifs is 1. The number of benzene rings is 2. The summed E-state index contributed by atoms with van der Waals surface area (Å²) in [5.74, 6) is -1.03. The number of aromatic nitrogens is 5. The van der Waals surface area contributed by atoms with Crippen LogP contribution in [0.3, 0.4) is 0 Å². The van der Waals surface area contributed by atoms with E-state index in [1.165, 1.54) is 39.3 Å². The Bertz CT molecular complexity index is 1830. The highest BCUT2D eigenvalue weighted by Gasteiger charge is 2.54. The Labute approximate surface area is 285 Å². The normalized spacial score (nSPS) is 17.6. The molecule has 4 heterocycles. The van der Waals surface area contributed by atoms with Crippen LogP contribution < -0.4 is 10.6 Å². The van der Waals surface area contributed by atoms with E-state index < -0.39 is 35.3 Å². The van der Waals surface area contributed by atoms with Crippen molar-refractivity contribution in [2.45, 2.75) is 22.7 Å². The molecule has 6 rings (SSSR count). The van der Waals surface area contributed by atoms with E-state index in [1.54, 1.807) is 7.05 Å². The van der Waals surface area contributed by atoms with Crippen molar-refractivity contribution in [3.05, 3.63) is 99.7 Å². The fourth-order valence-corrected chi connectivity index (χ4v) is 8.38. The minimum atomic E-state index is -0.932. The molecule has 0 aliphatic carbocycles. The number of ether oxygens (including phenoxy) is 1. The number of esters is 1. The zero-order chi connectivity index (χ0) is 32.9. The van der Waals surface area contributed by atoms with Gasteiger partial charge in [-0.05, 0) is 27.1 Å². The molecule has 2 aromatic heterocycles. The smallest absolute Gasteiger partial charge is 0.356 e. The van der Waals surface area contributed by atoms with Crippen molar-refractivity contribution in [1.82, 2.24) is 35.4 Å². The van der Waals surface area contributed by atoms with Gasteiger partial charge in [-0.1, -0.05) is 95.4 Å². The summed E-state index contributed by atoms with van der Waals surface area (Å²) in [4.78, 5) is 57.8. The van der Waals surface area contributed by atoms with E-state index in [-0.39, 0.29) is 16.4 Å². The number of thiazole rings is 1. The molecule has 0 spiro atoms. The lowest BCUT2D eigenvalue weighted by Crippen LogP contribution is -2.70. The van der Waals surface area contributed by atoms with Gasteiger partial charge >= 0.3 is 5.97 Å². The molecule has 2 atom stereocenters. The maximum Gasteiger partial charge on any atom is 0.356 e. The predicted molar refractivity (Wildman–Crippen MR) is 178 cm³/mol. The van der Waals surface area contributed by atoms with Crippen molar-refractivity contribution in [3.63, 3.8) is 0 Å². The van der Waals surface area contributed by atoms with E-state index in [1.807, 2.05) is 60.7 Å². The third-order valence-corrected chi connectivity index (χ3v) is 10.8. The largest absolute Gasteiger partial charge is 0.448 e. The number of carbonyl (C=O) groups is 4. The molecule has 17 heteroatoms. The molecule has 2 N–H and O–H groups in total. The Morgan fingerprint density at radius 2 is 1.85 bits per heavy atom. The maximum atomic E-state index is 14.2. The van der Waals surface area contributed by atoms with Crippen molar-refractivity contribution >= 4 is 81.4 Å². The molecule has 13 nitrogen and oxygen atoms in total. The number of hydrogen-bond donors (Lipinski definition) is 2. The molecule has 0 bridgehead atoms. The molecule has 3 amide bonds. The first-order chi connectivity index (χ1) is 22.9. The third-order valence-electron chi connectivity index (χ3n) is 7.22. The molecule has 47 heavy (non-hydrogen) atoms. The highest BCUT2D eigenvalue weighted by atomic mass is 35.5. The Kier molecular flexibility index (Phi) is 10.0. The van der Waals surface area contributed by atoms with Gasteiger partial charge in [0.15, 0.2) is 11.2 Å². The second-order valence-corrected chi connectivity index (χ2v) is 13.4. The average Bonchev–Trinajstić information content (AvgIpc) is 3.74. The van der Waals surface area contributed by atoms with Crippen LogP contribution in [0.2, 0.25) is 0 Å². The minimum absolute atomic E-state index is 0.0771. The SMILES string of the molecule is Cn1nnnc1SCC1=C(C(=O)OC(c2ccccc2)c2ccccc2)N2C(=O)C(NC(=O)/C(=C/Cl)c3cnc(NC=O)s3)[C@H]2SC1. The van der Waals surface area contributed by atoms with Crippen LogP contribution in [0.4, 0.5) is 5.13 Å². The standard InChI is InChI=1S/C30H25ClN8O5S3/c1-38-30(35-36-37-38)46-15-19-14-45-27-22(34-25(41)20(12-31)21-13-32-29(47-21)33-16-40)26(42)39(27)23(19)28(43)44-24(17-8-4-2-5-9-17)18-10-6-3-7-11-18/h2-13,16,22,24,27H,14-15H2,1H3,(H,34,41)(H,32,33,40)/b20-12+/t22?,27-/m1/s1. The lowest BCUT2D eigenvalue weighted by molar-refractivity contribution is -0.154. The van der Waals surface area contributed by atoms with E-state index in [2.05, 4.69) is 31.1 Å². The molecule has 4 aromatic rings. The molecule has 240 valence electrons. The maximum absolute atomic E-state index is 14.2. The second kappa shape index (κ2) is 14.5. The van der Waals surface area contributed by atoms with E-state index in [4.69, 9.17) is 16.3 Å². The zero-order valence-electron chi connectivity index (χ0n) is 24.5. The van der Waals surface area contributed by atoms with E-state index in [0.717, 1.165) is 28.0 Å². The molecular weight excluding hydrogens is 684 g/mol. The first-order valence-corrected chi connectivity index (χ1v) is 17.3. The number of aryl methyl sites for hydroxylation is 1. The van der Waals surface area contributed by atoms with Gasteiger partial charge in [-0.25, -0.2) is 14.5 Å². The Hall–Kier alpha value is -4.51. The van der Waals surface area contributed by atoms with Crippen molar-refractivity contribution in [1.29, 1.82) is 0 Å². The number of amides is 3. The highest BCUT2D eigenvalue weighted by molar-refractivity contribution is 8.01. The Morgan fingerprint density at radius 1 is 1.15 bits per heavy atom. The first-order valence-electron chi connectivity index (χ1n) is 14.0. The summed E-state index contributed by atoms with van der Waals surface area (Å²) >= 11 is 9.80. The van der Waals surface area contributed by atoms with Crippen LogP contribution in [0.5, 0.6) is 0 Å². The molecule has 0 saturated carbocycles. The minimum Gasteiger partial charge on any atom is -0.448 e. The number of halogens is 1. The predicted octanol–water partition coefficient (Wildman–Crippen LogP) is 3.59. The van der Waals surface area contributed by atoms with Gasteiger partial charge in [-0.2, -0.15) is 0 Å². The zero-order valence-corrected chi connectivity index (χ0v) is 27.7. The number of hydrogen-bond acceptors (Lipinski definition) is 12. The monoisotopic (exact) mass is 708 g/mol. The molecule has 1 unspecified atom stereocenters. The van der Waals surface area contributed by atoms with Gasteiger partial charge < -0.3 is 15.4 Å². The molecular formula is C30H25ClN8O5S3. The molecule has 1 saturated heterocycles. The first kappa shape index (κ1) is 32.4. The molecule has 2 aliphatic heterocycles. The fraction of sp³-hybridized carbons (Fsp3) is 0.200. The fourth-order valence-electron chi connectivity index (χ4n) is 4.97. The number of nitrogens with one attached hydrogen (secondary N) is 2. The summed E-state index contributed by atoms with van der Waals surface area (Å²) < 4.78 is 7.72. The summed E-state index contributed by atoms with van der Waals surface area (Å²) in [6.07, 6.45) is 1.14. The van der Waals surface area contributed by atoms with Crippen LogP contribution in [0, 0.1) is 0 Å². The summed E-state index contributed by atoms with van der Waals surface area (Å²) in [5.41, 5.74) is 3.51. The van der Waals surface area contributed by atoms with Gasteiger partial charge in [0.25, 0.3) is 11.8 Å². The third kappa shape index (κ3) is 6.81. The number of β-lactam (4-membered cyclic amide) rings is 1. The van der Waals surface area contributed by atoms with Crippen LogP contribution in [0.15, 0.2) is 88.8 Å². The van der Waals surface area contributed by atoms with Gasteiger partial charge in [0.05, 0.1) is 10.5 Å².